The third-order valence-electron chi connectivity index (χ3n) is 2.87. The second-order valence-electron chi connectivity index (χ2n) is 3.72. The van der Waals surface area contributed by atoms with Gasteiger partial charge in [-0.15, -0.1) is 0 Å². The van der Waals surface area contributed by atoms with Crippen LogP contribution in [0.25, 0.3) is 0 Å². The molecule has 1 nitrogen and oxygen atoms in total. The normalized spacial score (nSPS) is 23.1. The van der Waals surface area contributed by atoms with Gasteiger partial charge in [-0.05, 0) is 44.7 Å². The van der Waals surface area contributed by atoms with E-state index in [0.29, 0.717) is 0 Å². The minimum absolute atomic E-state index is 0.720. The van der Waals surface area contributed by atoms with Crippen molar-refractivity contribution in [2.24, 2.45) is 11.8 Å². The van der Waals surface area contributed by atoms with Gasteiger partial charge in [0.15, 0.2) is 0 Å². The van der Waals surface area contributed by atoms with Gasteiger partial charge < -0.3 is 5.32 Å². The summed E-state index contributed by atoms with van der Waals surface area (Å²) in [6.45, 7) is 10.9. The molecule has 0 spiro atoms. The fourth-order valence-electron chi connectivity index (χ4n) is 1.75. The van der Waals surface area contributed by atoms with Crippen LogP contribution < -0.4 is 5.32 Å². The maximum atomic E-state index is 4.01. The van der Waals surface area contributed by atoms with Crippen LogP contribution in [0.3, 0.4) is 0 Å². The number of nitrogens with one attached hydrogen (secondary N) is 1. The SMILES string of the molecule is C=C(C)C(C)C1CCNCC1. The second-order valence-corrected chi connectivity index (χ2v) is 3.72. The molecule has 0 amide bonds. The quantitative estimate of drug-likeness (QED) is 0.600. The van der Waals surface area contributed by atoms with Crippen LogP contribution in [-0.2, 0) is 0 Å². The minimum atomic E-state index is 0.720. The zero-order chi connectivity index (χ0) is 8.27. The smallest absolute Gasteiger partial charge is 0.00461 e. The van der Waals surface area contributed by atoms with Crippen LogP contribution in [0.4, 0.5) is 0 Å². The molecule has 1 aliphatic heterocycles. The summed E-state index contributed by atoms with van der Waals surface area (Å²) in [5, 5.41) is 3.38. The lowest BCUT2D eigenvalue weighted by Gasteiger charge is -2.28. The van der Waals surface area contributed by atoms with Gasteiger partial charge in [0.25, 0.3) is 0 Å². The number of hydrogen-bond acceptors (Lipinski definition) is 1. The molecule has 0 aromatic carbocycles. The van der Waals surface area contributed by atoms with E-state index in [9.17, 15) is 0 Å². The molecule has 11 heavy (non-hydrogen) atoms. The van der Waals surface area contributed by atoms with Crippen LogP contribution in [0.15, 0.2) is 12.2 Å². The van der Waals surface area contributed by atoms with Crippen molar-refractivity contribution in [3.63, 3.8) is 0 Å². The first-order valence-corrected chi connectivity index (χ1v) is 4.58. The van der Waals surface area contributed by atoms with E-state index in [4.69, 9.17) is 0 Å². The van der Waals surface area contributed by atoms with Gasteiger partial charge in [-0.3, -0.25) is 0 Å². The Morgan fingerprint density at radius 1 is 1.45 bits per heavy atom. The summed E-state index contributed by atoms with van der Waals surface area (Å²) in [4.78, 5) is 0. The molecule has 0 aromatic heterocycles. The van der Waals surface area contributed by atoms with Crippen LogP contribution in [0.2, 0.25) is 0 Å². The highest BCUT2D eigenvalue weighted by molar-refractivity contribution is 4.97. The molecule has 1 fully saturated rings. The Hall–Kier alpha value is -0.300. The monoisotopic (exact) mass is 153 g/mol. The van der Waals surface area contributed by atoms with Crippen molar-refractivity contribution < 1.29 is 0 Å². The summed E-state index contributed by atoms with van der Waals surface area (Å²) in [5.74, 6) is 1.60. The second kappa shape index (κ2) is 3.91. The van der Waals surface area contributed by atoms with Crippen molar-refractivity contribution in [2.45, 2.75) is 26.7 Å². The molecule has 1 N–H and O–H groups in total. The summed E-state index contributed by atoms with van der Waals surface area (Å²) in [5.41, 5.74) is 1.34. The Labute approximate surface area is 69.9 Å². The number of allylic oxidation sites excluding steroid dienone is 1. The molecular weight excluding hydrogens is 134 g/mol. The summed E-state index contributed by atoms with van der Waals surface area (Å²) >= 11 is 0. The fraction of sp³-hybridized carbons (Fsp3) is 0.800. The molecule has 0 bridgehead atoms. The van der Waals surface area contributed by atoms with E-state index in [1.807, 2.05) is 0 Å². The minimum Gasteiger partial charge on any atom is -0.317 e. The van der Waals surface area contributed by atoms with Crippen molar-refractivity contribution >= 4 is 0 Å². The van der Waals surface area contributed by atoms with Gasteiger partial charge in [-0.25, -0.2) is 0 Å². The summed E-state index contributed by atoms with van der Waals surface area (Å²) in [7, 11) is 0. The third kappa shape index (κ3) is 2.33. The van der Waals surface area contributed by atoms with Crippen LogP contribution in [-0.4, -0.2) is 13.1 Å². The van der Waals surface area contributed by atoms with Gasteiger partial charge in [0.1, 0.15) is 0 Å². The molecular formula is C10H19N. The van der Waals surface area contributed by atoms with Gasteiger partial charge >= 0.3 is 0 Å². The lowest BCUT2D eigenvalue weighted by Crippen LogP contribution is -2.31. The zero-order valence-electron chi connectivity index (χ0n) is 7.69. The molecule has 1 aliphatic rings. The lowest BCUT2D eigenvalue weighted by atomic mass is 9.82. The maximum Gasteiger partial charge on any atom is -0.00461 e. The Kier molecular flexibility index (Phi) is 3.13. The van der Waals surface area contributed by atoms with Crippen molar-refractivity contribution in [2.75, 3.05) is 13.1 Å². The third-order valence-corrected chi connectivity index (χ3v) is 2.87. The van der Waals surface area contributed by atoms with Gasteiger partial charge in [-0.1, -0.05) is 19.1 Å². The zero-order valence-corrected chi connectivity index (χ0v) is 7.69. The number of rotatable bonds is 2. The largest absolute Gasteiger partial charge is 0.317 e. The molecule has 0 aromatic rings. The number of hydrogen-bond donors (Lipinski definition) is 1. The molecule has 0 radical (unpaired) electrons. The number of piperidine rings is 1. The highest BCUT2D eigenvalue weighted by Crippen LogP contribution is 2.26. The van der Waals surface area contributed by atoms with E-state index in [1.165, 1.54) is 31.5 Å². The molecule has 1 atom stereocenters. The predicted molar refractivity (Wildman–Crippen MR) is 49.6 cm³/mol. The standard InChI is InChI=1S/C10H19N/c1-8(2)9(3)10-4-6-11-7-5-10/h9-11H,1,4-7H2,2-3H3. The van der Waals surface area contributed by atoms with Crippen molar-refractivity contribution in [1.29, 1.82) is 0 Å². The molecule has 64 valence electrons. The molecule has 1 heteroatoms. The molecule has 1 rings (SSSR count). The highest BCUT2D eigenvalue weighted by Gasteiger charge is 2.19. The Balaban J connectivity index is 2.38. The first-order chi connectivity index (χ1) is 5.22. The van der Waals surface area contributed by atoms with Gasteiger partial charge in [0.2, 0.25) is 0 Å². The Bertz CT molecular complexity index is 134. The van der Waals surface area contributed by atoms with Gasteiger partial charge in [0.05, 0.1) is 0 Å². The highest BCUT2D eigenvalue weighted by atomic mass is 14.9. The van der Waals surface area contributed by atoms with Gasteiger partial charge in [0, 0.05) is 0 Å². The van der Waals surface area contributed by atoms with Crippen LogP contribution in [0.1, 0.15) is 26.7 Å². The Morgan fingerprint density at radius 2 is 2.00 bits per heavy atom. The molecule has 1 unspecified atom stereocenters. The molecule has 1 heterocycles. The average Bonchev–Trinajstić information content (AvgIpc) is 2.05. The summed E-state index contributed by atoms with van der Waals surface area (Å²) in [6, 6.07) is 0. The van der Waals surface area contributed by atoms with E-state index in [2.05, 4.69) is 25.7 Å². The topological polar surface area (TPSA) is 12.0 Å². The van der Waals surface area contributed by atoms with E-state index in [1.54, 1.807) is 0 Å². The molecule has 0 saturated carbocycles. The Morgan fingerprint density at radius 3 is 2.45 bits per heavy atom. The van der Waals surface area contributed by atoms with Crippen LogP contribution in [0, 0.1) is 11.8 Å². The van der Waals surface area contributed by atoms with Crippen molar-refractivity contribution in [3.8, 4) is 0 Å². The first kappa shape index (κ1) is 8.79. The lowest BCUT2D eigenvalue weighted by molar-refractivity contribution is 0.304. The van der Waals surface area contributed by atoms with Crippen LogP contribution in [0.5, 0.6) is 0 Å². The van der Waals surface area contributed by atoms with Crippen LogP contribution >= 0.6 is 0 Å². The molecule has 0 aliphatic carbocycles. The van der Waals surface area contributed by atoms with E-state index in [-0.39, 0.29) is 0 Å². The van der Waals surface area contributed by atoms with E-state index < -0.39 is 0 Å². The molecule has 1 saturated heterocycles. The maximum absolute atomic E-state index is 4.01. The van der Waals surface area contributed by atoms with E-state index in [0.717, 1.165) is 11.8 Å². The summed E-state index contributed by atoms with van der Waals surface area (Å²) < 4.78 is 0. The predicted octanol–water partition coefficient (Wildman–Crippen LogP) is 2.20. The summed E-state index contributed by atoms with van der Waals surface area (Å²) in [6.07, 6.45) is 2.65. The van der Waals surface area contributed by atoms with Crippen molar-refractivity contribution in [3.05, 3.63) is 12.2 Å². The average molecular weight is 153 g/mol. The van der Waals surface area contributed by atoms with Crippen molar-refractivity contribution in [1.82, 2.24) is 5.32 Å². The van der Waals surface area contributed by atoms with E-state index >= 15 is 0 Å². The first-order valence-electron chi connectivity index (χ1n) is 4.58. The fourth-order valence-corrected chi connectivity index (χ4v) is 1.75. The van der Waals surface area contributed by atoms with Gasteiger partial charge in [-0.2, -0.15) is 0 Å².